The van der Waals surface area contributed by atoms with Gasteiger partial charge in [0, 0.05) is 18.8 Å². The number of esters is 2. The first-order chi connectivity index (χ1) is 26.8. The summed E-state index contributed by atoms with van der Waals surface area (Å²) in [5, 5.41) is 10.2. The first-order valence-electron chi connectivity index (χ1n) is 21.4. The number of aliphatic hydroxyl groups excluding tert-OH is 1. The van der Waals surface area contributed by atoms with E-state index in [1.54, 1.807) is 12.2 Å². The molecule has 1 rings (SSSR count). The lowest BCUT2D eigenvalue weighted by Crippen LogP contribution is -2.37. The number of carbonyl (C=O) groups excluding carboxylic acids is 3. The molecule has 0 aliphatic heterocycles. The van der Waals surface area contributed by atoms with Crippen LogP contribution in [0.4, 0.5) is 0 Å². The molecule has 0 fully saturated rings. The number of ether oxygens (including phenoxy) is 2. The van der Waals surface area contributed by atoms with Crippen molar-refractivity contribution in [3.8, 4) is 0 Å². The lowest BCUT2D eigenvalue weighted by atomic mass is 9.90. The molecule has 5 atom stereocenters. The Labute approximate surface area is 339 Å². The fourth-order valence-electron chi connectivity index (χ4n) is 6.06. The quantitative estimate of drug-likeness (QED) is 0.0209. The summed E-state index contributed by atoms with van der Waals surface area (Å²) in [6, 6.07) is 0. The number of rotatable bonds is 35. The summed E-state index contributed by atoms with van der Waals surface area (Å²) in [5.41, 5.74) is 0. The van der Waals surface area contributed by atoms with Crippen molar-refractivity contribution in [2.45, 2.75) is 154 Å². The molecule has 0 aromatic heterocycles. The number of hydrogen-bond donors (Lipinski definition) is 2. The third-order valence-electron chi connectivity index (χ3n) is 9.58. The Morgan fingerprint density at radius 2 is 1.41 bits per heavy atom. The van der Waals surface area contributed by atoms with Crippen LogP contribution in [0, 0.1) is 11.8 Å². The van der Waals surface area contributed by atoms with E-state index in [2.05, 4.69) is 26.0 Å². The van der Waals surface area contributed by atoms with Crippen molar-refractivity contribution in [3.05, 3.63) is 48.6 Å². The number of ketones is 1. The first-order valence-corrected chi connectivity index (χ1v) is 22.9. The number of aliphatic hydroxyl groups is 1. The lowest BCUT2D eigenvalue weighted by Gasteiger charge is -2.24. The number of hydrogen-bond acceptors (Lipinski definition) is 9. The minimum absolute atomic E-state index is 0.00693. The van der Waals surface area contributed by atoms with Gasteiger partial charge in [0.05, 0.1) is 33.9 Å². The molecule has 0 spiro atoms. The van der Waals surface area contributed by atoms with Gasteiger partial charge in [-0.3, -0.25) is 23.4 Å². The van der Waals surface area contributed by atoms with Crippen molar-refractivity contribution in [2.75, 3.05) is 47.5 Å². The molecular formula is C44H77NO10P+. The van der Waals surface area contributed by atoms with Gasteiger partial charge >= 0.3 is 19.8 Å². The zero-order valence-electron chi connectivity index (χ0n) is 35.5. The Kier molecular flexibility index (Phi) is 29.1. The molecule has 12 heteroatoms. The minimum atomic E-state index is -4.43. The zero-order chi connectivity index (χ0) is 41.5. The highest BCUT2D eigenvalue weighted by atomic mass is 31.2. The number of phosphoric acid groups is 1. The average molecular weight is 811 g/mol. The van der Waals surface area contributed by atoms with Gasteiger partial charge in [-0.2, -0.15) is 0 Å². The van der Waals surface area contributed by atoms with Gasteiger partial charge in [0.2, 0.25) is 0 Å². The third kappa shape index (κ3) is 28.9. The van der Waals surface area contributed by atoms with Crippen LogP contribution in [-0.2, 0) is 37.5 Å². The number of quaternary nitrogens is 1. The Morgan fingerprint density at radius 1 is 0.804 bits per heavy atom. The van der Waals surface area contributed by atoms with Crippen LogP contribution in [0.15, 0.2) is 48.6 Å². The molecule has 11 nitrogen and oxygen atoms in total. The Hall–Kier alpha value is -2.40. The normalized spacial score (nSPS) is 18.3. The van der Waals surface area contributed by atoms with Crippen molar-refractivity contribution in [1.29, 1.82) is 0 Å². The first kappa shape index (κ1) is 51.6. The van der Waals surface area contributed by atoms with Gasteiger partial charge < -0.3 is 24.0 Å². The van der Waals surface area contributed by atoms with E-state index in [-0.39, 0.29) is 43.7 Å². The van der Waals surface area contributed by atoms with Gasteiger partial charge in [0.15, 0.2) is 11.9 Å². The van der Waals surface area contributed by atoms with E-state index in [1.165, 1.54) is 25.7 Å². The zero-order valence-corrected chi connectivity index (χ0v) is 36.3. The second-order valence-corrected chi connectivity index (χ2v) is 17.5. The molecular weight excluding hydrogens is 733 g/mol. The van der Waals surface area contributed by atoms with Gasteiger partial charge in [-0.05, 0) is 69.8 Å². The summed E-state index contributed by atoms with van der Waals surface area (Å²) in [4.78, 5) is 47.8. The highest BCUT2D eigenvalue weighted by Crippen LogP contribution is 2.43. The van der Waals surface area contributed by atoms with Crippen LogP contribution in [0.5, 0.6) is 0 Å². The van der Waals surface area contributed by atoms with E-state index in [0.29, 0.717) is 43.1 Å². The van der Waals surface area contributed by atoms with Crippen LogP contribution < -0.4 is 0 Å². The summed E-state index contributed by atoms with van der Waals surface area (Å²) in [5.74, 6) is -1.19. The van der Waals surface area contributed by atoms with Crippen LogP contribution in [-0.4, -0.2) is 91.9 Å². The monoisotopic (exact) mass is 811 g/mol. The number of unbranched alkanes of at least 4 members (excludes halogenated alkanes) is 12. The van der Waals surface area contributed by atoms with Gasteiger partial charge in [-0.25, -0.2) is 4.57 Å². The largest absolute Gasteiger partial charge is 0.472 e. The molecule has 322 valence electrons. The molecule has 56 heavy (non-hydrogen) atoms. The number of phosphoric ester groups is 1. The standard InChI is InChI=1S/C44H76NO10P/c1-6-8-10-11-12-13-14-15-16-17-18-19-24-28-43(48)52-36-40(37-54-56(50,51)53-35-34-45(3,4)5)55-44(49)29-25-21-20-23-26-38-30-33-42(47)41(38)32-31-39(46)27-22-9-7-2/h13-14,20,23,30-33,38-41,46H,6-12,15-19,21-22,24-29,34-37H2,1-5H3/p+1/b14-13-,23-20-,32-31+/t38-,39-,40+,41+/m0/s1. The van der Waals surface area contributed by atoms with E-state index >= 15 is 0 Å². The summed E-state index contributed by atoms with van der Waals surface area (Å²) in [6.07, 6.45) is 32.2. The molecule has 0 aromatic rings. The van der Waals surface area contributed by atoms with Gasteiger partial charge in [-0.15, -0.1) is 0 Å². The van der Waals surface area contributed by atoms with E-state index in [9.17, 15) is 28.9 Å². The van der Waals surface area contributed by atoms with E-state index < -0.39 is 38.6 Å². The van der Waals surface area contributed by atoms with E-state index in [0.717, 1.165) is 57.8 Å². The number of allylic oxidation sites excluding steroid dienone is 7. The topological polar surface area (TPSA) is 146 Å². The van der Waals surface area contributed by atoms with Crippen LogP contribution in [0.25, 0.3) is 0 Å². The number of likely N-dealkylation sites (N-methyl/N-ethyl adjacent to an activating group) is 1. The number of nitrogens with zero attached hydrogens (tertiary/aromatic N) is 1. The molecule has 0 radical (unpaired) electrons. The van der Waals surface area contributed by atoms with Crippen molar-refractivity contribution < 1.29 is 52.0 Å². The van der Waals surface area contributed by atoms with E-state index in [1.807, 2.05) is 45.4 Å². The summed E-state index contributed by atoms with van der Waals surface area (Å²) in [6.45, 7) is 4.04. The highest BCUT2D eigenvalue weighted by molar-refractivity contribution is 7.47. The van der Waals surface area contributed by atoms with Crippen LogP contribution in [0.3, 0.4) is 0 Å². The molecule has 0 saturated heterocycles. The lowest BCUT2D eigenvalue weighted by molar-refractivity contribution is -0.870. The molecule has 0 saturated carbocycles. The van der Waals surface area contributed by atoms with Crippen molar-refractivity contribution in [2.24, 2.45) is 11.8 Å². The maximum atomic E-state index is 12.8. The Balaban J connectivity index is 2.51. The van der Waals surface area contributed by atoms with Gasteiger partial charge in [0.1, 0.15) is 19.8 Å². The van der Waals surface area contributed by atoms with Gasteiger partial charge in [0.25, 0.3) is 0 Å². The van der Waals surface area contributed by atoms with Gasteiger partial charge in [-0.1, -0.05) is 114 Å². The Morgan fingerprint density at radius 3 is 2.11 bits per heavy atom. The second-order valence-electron chi connectivity index (χ2n) is 16.0. The number of carbonyl (C=O) groups is 3. The second kappa shape index (κ2) is 31.6. The summed E-state index contributed by atoms with van der Waals surface area (Å²) >= 11 is 0. The Bertz CT molecular complexity index is 1240. The fourth-order valence-corrected chi connectivity index (χ4v) is 6.80. The smallest absolute Gasteiger partial charge is 0.462 e. The summed E-state index contributed by atoms with van der Waals surface area (Å²) < 4.78 is 34.2. The predicted octanol–water partition coefficient (Wildman–Crippen LogP) is 9.52. The molecule has 2 N–H and O–H groups in total. The molecule has 0 aromatic carbocycles. The molecule has 0 bridgehead atoms. The minimum Gasteiger partial charge on any atom is -0.462 e. The predicted molar refractivity (Wildman–Crippen MR) is 224 cm³/mol. The molecule has 1 aliphatic carbocycles. The summed E-state index contributed by atoms with van der Waals surface area (Å²) in [7, 11) is 1.34. The van der Waals surface area contributed by atoms with Crippen LogP contribution in [0.1, 0.15) is 142 Å². The SMILES string of the molecule is CCCCCC/C=C\CCCCCCCC(=O)OC[C@H](COP(=O)(O)OCC[N+](C)(C)C)OC(=O)CCC/C=C\C[C@H]1C=CC(=O)[C@@H]1/C=C/[C@@H](O)CCCCC. The highest BCUT2D eigenvalue weighted by Gasteiger charge is 2.28. The maximum Gasteiger partial charge on any atom is 0.472 e. The average Bonchev–Trinajstić information content (AvgIpc) is 3.49. The third-order valence-corrected chi connectivity index (χ3v) is 10.6. The van der Waals surface area contributed by atoms with Crippen LogP contribution >= 0.6 is 7.82 Å². The van der Waals surface area contributed by atoms with E-state index in [4.69, 9.17) is 18.5 Å². The van der Waals surface area contributed by atoms with Crippen molar-refractivity contribution in [1.82, 2.24) is 0 Å². The fraction of sp³-hybridized carbons (Fsp3) is 0.750. The van der Waals surface area contributed by atoms with Crippen molar-refractivity contribution >= 4 is 25.5 Å². The van der Waals surface area contributed by atoms with Crippen LogP contribution in [0.2, 0.25) is 0 Å². The molecule has 1 unspecified atom stereocenters. The van der Waals surface area contributed by atoms with Crippen molar-refractivity contribution in [3.63, 3.8) is 0 Å². The molecule has 0 heterocycles. The maximum absolute atomic E-state index is 12.8. The molecule has 1 aliphatic rings. The molecule has 0 amide bonds.